The molecule has 2 aromatic carbocycles. The SMILES string of the molecule is COc1ccc(S(=O)(=O)N2CCCC2)cc1C(=O)Nc1ccccc1C(=O)NCC(C)C. The summed E-state index contributed by atoms with van der Waals surface area (Å²) in [7, 11) is -2.29. The maximum absolute atomic E-state index is 13.1. The standard InChI is InChI=1S/C23H29N3O5S/c1-16(2)15-24-22(27)18-8-4-5-9-20(18)25-23(28)19-14-17(10-11-21(19)31-3)32(29,30)26-12-6-7-13-26/h4-5,8-11,14,16H,6-7,12-13,15H2,1-3H3,(H,24,27)(H,25,28). The molecular weight excluding hydrogens is 430 g/mol. The number of nitrogens with one attached hydrogen (secondary N) is 2. The van der Waals surface area contributed by atoms with Crippen molar-refractivity contribution in [1.29, 1.82) is 0 Å². The number of ether oxygens (including phenoxy) is 1. The van der Waals surface area contributed by atoms with Gasteiger partial charge in [0.15, 0.2) is 0 Å². The van der Waals surface area contributed by atoms with Crippen molar-refractivity contribution in [2.45, 2.75) is 31.6 Å². The summed E-state index contributed by atoms with van der Waals surface area (Å²) in [5, 5.41) is 5.56. The number of benzene rings is 2. The minimum atomic E-state index is -3.70. The molecular formula is C23H29N3O5S. The first kappa shape index (κ1) is 23.7. The summed E-state index contributed by atoms with van der Waals surface area (Å²) in [5.41, 5.74) is 0.722. The van der Waals surface area contributed by atoms with E-state index in [9.17, 15) is 18.0 Å². The number of anilines is 1. The Morgan fingerprint density at radius 2 is 1.72 bits per heavy atom. The van der Waals surface area contributed by atoms with Crippen molar-refractivity contribution in [2.75, 3.05) is 32.1 Å². The predicted octanol–water partition coefficient (Wildman–Crippen LogP) is 3.12. The van der Waals surface area contributed by atoms with Crippen molar-refractivity contribution in [1.82, 2.24) is 9.62 Å². The predicted molar refractivity (Wildman–Crippen MR) is 123 cm³/mol. The molecule has 1 saturated heterocycles. The van der Waals surface area contributed by atoms with Crippen LogP contribution in [0, 0.1) is 5.92 Å². The topological polar surface area (TPSA) is 105 Å². The van der Waals surface area contributed by atoms with Crippen LogP contribution in [0.25, 0.3) is 0 Å². The van der Waals surface area contributed by atoms with Crippen LogP contribution in [-0.2, 0) is 10.0 Å². The van der Waals surface area contributed by atoms with E-state index in [2.05, 4.69) is 10.6 Å². The molecule has 0 saturated carbocycles. The fourth-order valence-corrected chi connectivity index (χ4v) is 5.02. The van der Waals surface area contributed by atoms with E-state index in [1.54, 1.807) is 24.3 Å². The molecule has 1 aliphatic heterocycles. The summed E-state index contributed by atoms with van der Waals surface area (Å²) < 4.78 is 32.6. The number of carbonyl (C=O) groups is 2. The van der Waals surface area contributed by atoms with Crippen molar-refractivity contribution in [3.63, 3.8) is 0 Å². The van der Waals surface area contributed by atoms with Crippen molar-refractivity contribution >= 4 is 27.5 Å². The zero-order valence-corrected chi connectivity index (χ0v) is 19.4. The molecule has 2 N–H and O–H groups in total. The first-order valence-electron chi connectivity index (χ1n) is 10.6. The van der Waals surface area contributed by atoms with Crippen LogP contribution in [0.4, 0.5) is 5.69 Å². The van der Waals surface area contributed by atoms with E-state index >= 15 is 0 Å². The number of carbonyl (C=O) groups excluding carboxylic acids is 2. The van der Waals surface area contributed by atoms with Gasteiger partial charge in [0.05, 0.1) is 28.8 Å². The molecule has 9 heteroatoms. The van der Waals surface area contributed by atoms with Crippen LogP contribution in [0.15, 0.2) is 47.4 Å². The Labute approximate surface area is 189 Å². The molecule has 8 nitrogen and oxygen atoms in total. The van der Waals surface area contributed by atoms with E-state index in [0.717, 1.165) is 12.8 Å². The Morgan fingerprint density at radius 3 is 2.38 bits per heavy atom. The second-order valence-corrected chi connectivity index (χ2v) is 10.0. The van der Waals surface area contributed by atoms with Gasteiger partial charge < -0.3 is 15.4 Å². The molecule has 1 fully saturated rings. The molecule has 0 aromatic heterocycles. The first-order chi connectivity index (χ1) is 15.2. The molecule has 0 atom stereocenters. The van der Waals surface area contributed by atoms with Gasteiger partial charge in [-0.2, -0.15) is 4.31 Å². The fraction of sp³-hybridized carbons (Fsp3) is 0.391. The molecule has 3 rings (SSSR count). The summed E-state index contributed by atoms with van der Waals surface area (Å²) in [4.78, 5) is 25.7. The summed E-state index contributed by atoms with van der Waals surface area (Å²) in [6.45, 7) is 5.42. The number of hydrogen-bond acceptors (Lipinski definition) is 5. The van der Waals surface area contributed by atoms with Crippen molar-refractivity contribution in [3.05, 3.63) is 53.6 Å². The van der Waals surface area contributed by atoms with Crippen LogP contribution in [0.1, 0.15) is 47.4 Å². The lowest BCUT2D eigenvalue weighted by atomic mass is 10.1. The zero-order chi connectivity index (χ0) is 23.3. The van der Waals surface area contributed by atoms with E-state index < -0.39 is 15.9 Å². The third-order valence-corrected chi connectivity index (χ3v) is 7.10. The average Bonchev–Trinajstić information content (AvgIpc) is 3.33. The highest BCUT2D eigenvalue weighted by Gasteiger charge is 2.29. The highest BCUT2D eigenvalue weighted by atomic mass is 32.2. The van der Waals surface area contributed by atoms with Gasteiger partial charge in [-0.05, 0) is 49.1 Å². The lowest BCUT2D eigenvalue weighted by Gasteiger charge is -2.17. The molecule has 1 aliphatic rings. The van der Waals surface area contributed by atoms with E-state index in [0.29, 0.717) is 30.9 Å². The molecule has 0 spiro atoms. The lowest BCUT2D eigenvalue weighted by Crippen LogP contribution is -2.29. The summed E-state index contributed by atoms with van der Waals surface area (Å²) in [6.07, 6.45) is 1.64. The molecule has 32 heavy (non-hydrogen) atoms. The van der Waals surface area contributed by atoms with Crippen LogP contribution in [0.5, 0.6) is 5.75 Å². The summed E-state index contributed by atoms with van der Waals surface area (Å²) in [5.74, 6) is -0.341. The van der Waals surface area contributed by atoms with Crippen molar-refractivity contribution in [3.8, 4) is 5.75 Å². The number of sulfonamides is 1. The van der Waals surface area contributed by atoms with Crippen molar-refractivity contribution < 1.29 is 22.7 Å². The molecule has 0 aliphatic carbocycles. The first-order valence-corrected chi connectivity index (χ1v) is 12.0. The number of nitrogens with zero attached hydrogens (tertiary/aromatic N) is 1. The highest BCUT2D eigenvalue weighted by molar-refractivity contribution is 7.89. The summed E-state index contributed by atoms with van der Waals surface area (Å²) >= 11 is 0. The maximum atomic E-state index is 13.1. The molecule has 0 bridgehead atoms. The second-order valence-electron chi connectivity index (χ2n) is 8.08. The Kier molecular flexibility index (Phi) is 7.52. The van der Waals surface area contributed by atoms with Gasteiger partial charge in [-0.3, -0.25) is 9.59 Å². The van der Waals surface area contributed by atoms with Gasteiger partial charge >= 0.3 is 0 Å². The number of methoxy groups -OCH3 is 1. The Bertz CT molecular complexity index is 1090. The summed E-state index contributed by atoms with van der Waals surface area (Å²) in [6, 6.07) is 10.9. The Hall–Kier alpha value is -2.91. The zero-order valence-electron chi connectivity index (χ0n) is 18.6. The van der Waals surface area contributed by atoms with E-state index in [4.69, 9.17) is 4.74 Å². The smallest absolute Gasteiger partial charge is 0.259 e. The van der Waals surface area contributed by atoms with Crippen LogP contribution in [-0.4, -0.2) is 51.3 Å². The molecule has 172 valence electrons. The molecule has 0 unspecified atom stereocenters. The molecule has 1 heterocycles. The Balaban J connectivity index is 1.89. The van der Waals surface area contributed by atoms with Gasteiger partial charge in [0.1, 0.15) is 5.75 Å². The number of para-hydroxylation sites is 1. The van der Waals surface area contributed by atoms with E-state index in [1.807, 2.05) is 13.8 Å². The minimum absolute atomic E-state index is 0.0355. The van der Waals surface area contributed by atoms with Gasteiger partial charge in [0.25, 0.3) is 11.8 Å². The normalized spacial score (nSPS) is 14.4. The van der Waals surface area contributed by atoms with Crippen LogP contribution < -0.4 is 15.4 Å². The molecule has 2 aromatic rings. The monoisotopic (exact) mass is 459 g/mol. The maximum Gasteiger partial charge on any atom is 0.259 e. The van der Waals surface area contributed by atoms with Gasteiger partial charge in [-0.25, -0.2) is 8.42 Å². The highest BCUT2D eigenvalue weighted by Crippen LogP contribution is 2.27. The third-order valence-electron chi connectivity index (χ3n) is 5.21. The van der Waals surface area contributed by atoms with Gasteiger partial charge in [-0.1, -0.05) is 26.0 Å². The molecule has 2 amide bonds. The van der Waals surface area contributed by atoms with E-state index in [1.165, 1.54) is 29.6 Å². The van der Waals surface area contributed by atoms with Gasteiger partial charge in [0, 0.05) is 19.6 Å². The van der Waals surface area contributed by atoms with Crippen LogP contribution in [0.3, 0.4) is 0 Å². The molecule has 0 radical (unpaired) electrons. The minimum Gasteiger partial charge on any atom is -0.496 e. The van der Waals surface area contributed by atoms with Crippen LogP contribution in [0.2, 0.25) is 0 Å². The largest absolute Gasteiger partial charge is 0.496 e. The fourth-order valence-electron chi connectivity index (χ4n) is 3.47. The quantitative estimate of drug-likeness (QED) is 0.631. The second kappa shape index (κ2) is 10.1. The number of amides is 2. The number of rotatable bonds is 8. The number of hydrogen-bond donors (Lipinski definition) is 2. The van der Waals surface area contributed by atoms with Gasteiger partial charge in [0.2, 0.25) is 10.0 Å². The third kappa shape index (κ3) is 5.28. The van der Waals surface area contributed by atoms with Crippen LogP contribution >= 0.6 is 0 Å². The Morgan fingerprint density at radius 1 is 1.03 bits per heavy atom. The van der Waals surface area contributed by atoms with Gasteiger partial charge in [-0.15, -0.1) is 0 Å². The lowest BCUT2D eigenvalue weighted by molar-refractivity contribution is 0.0950. The average molecular weight is 460 g/mol. The van der Waals surface area contributed by atoms with E-state index in [-0.39, 0.29) is 28.0 Å². The van der Waals surface area contributed by atoms with Crippen molar-refractivity contribution in [2.24, 2.45) is 5.92 Å².